The Labute approximate surface area is 188 Å². The van der Waals surface area contributed by atoms with Gasteiger partial charge in [0.15, 0.2) is 0 Å². The minimum absolute atomic E-state index is 0.00613. The zero-order chi connectivity index (χ0) is 23.1. The summed E-state index contributed by atoms with van der Waals surface area (Å²) in [5.41, 5.74) is 2.77. The lowest BCUT2D eigenvalue weighted by Crippen LogP contribution is -2.33. The van der Waals surface area contributed by atoms with E-state index in [0.29, 0.717) is 16.8 Å². The molecule has 1 N–H and O–H groups in total. The molecule has 5 nitrogen and oxygen atoms in total. The van der Waals surface area contributed by atoms with Gasteiger partial charge in [0.25, 0.3) is 5.91 Å². The number of amides is 1. The molecule has 0 aliphatic carbocycles. The van der Waals surface area contributed by atoms with Crippen LogP contribution in [0.5, 0.6) is 0 Å². The number of rotatable bonds is 9. The van der Waals surface area contributed by atoms with Crippen LogP contribution < -0.4 is 9.62 Å². The number of carbonyl (C=O) groups excluding carboxylic acids is 1. The van der Waals surface area contributed by atoms with Crippen molar-refractivity contribution in [1.82, 2.24) is 5.32 Å². The number of carbonyl (C=O) groups is 1. The standard InChI is InChI=1S/C25H27FN2O3S/c1-19(8-9-20-6-4-3-5-7-20)27-25(29)22-12-16-24(17-13-22)28(32(2,30)31)18-21-10-14-23(26)15-11-21/h3-7,10-17,19H,8-9,18H2,1-2H3,(H,27,29)/t19-/m0/s1. The Hall–Kier alpha value is -3.19. The van der Waals surface area contributed by atoms with Crippen LogP contribution in [-0.4, -0.2) is 26.6 Å². The van der Waals surface area contributed by atoms with E-state index in [-0.39, 0.29) is 24.3 Å². The molecule has 0 saturated carbocycles. The van der Waals surface area contributed by atoms with E-state index < -0.39 is 10.0 Å². The maximum atomic E-state index is 13.2. The molecule has 0 aromatic heterocycles. The third kappa shape index (κ3) is 6.65. The first kappa shape index (κ1) is 23.5. The third-order valence-electron chi connectivity index (χ3n) is 5.14. The molecule has 3 aromatic carbocycles. The Morgan fingerprint density at radius 3 is 2.16 bits per heavy atom. The summed E-state index contributed by atoms with van der Waals surface area (Å²) < 4.78 is 39.0. The van der Waals surface area contributed by atoms with Crippen LogP contribution in [0, 0.1) is 5.82 Å². The average molecular weight is 455 g/mol. The highest BCUT2D eigenvalue weighted by Gasteiger charge is 2.19. The number of aryl methyl sites for hydroxylation is 1. The van der Waals surface area contributed by atoms with Crippen molar-refractivity contribution in [3.05, 3.63) is 101 Å². The number of hydrogen-bond donors (Lipinski definition) is 1. The van der Waals surface area contributed by atoms with Gasteiger partial charge in [-0.05, 0) is 67.3 Å². The third-order valence-corrected chi connectivity index (χ3v) is 6.28. The lowest BCUT2D eigenvalue weighted by atomic mass is 10.1. The molecule has 0 bridgehead atoms. The molecular weight excluding hydrogens is 427 g/mol. The number of benzene rings is 3. The first-order valence-corrected chi connectivity index (χ1v) is 12.2. The SMILES string of the molecule is C[C@@H](CCc1ccccc1)NC(=O)c1ccc(N(Cc2ccc(F)cc2)S(C)(=O)=O)cc1. The Balaban J connectivity index is 1.64. The molecule has 0 spiro atoms. The summed E-state index contributed by atoms with van der Waals surface area (Å²) in [4.78, 5) is 12.6. The van der Waals surface area contributed by atoms with Crippen molar-refractivity contribution in [1.29, 1.82) is 0 Å². The van der Waals surface area contributed by atoms with Gasteiger partial charge in [-0.2, -0.15) is 0 Å². The Morgan fingerprint density at radius 1 is 0.938 bits per heavy atom. The van der Waals surface area contributed by atoms with Crippen LogP contribution in [-0.2, 0) is 23.0 Å². The maximum absolute atomic E-state index is 13.2. The topological polar surface area (TPSA) is 66.5 Å². The van der Waals surface area contributed by atoms with Gasteiger partial charge in [0.05, 0.1) is 18.5 Å². The predicted octanol–water partition coefficient (Wildman–Crippen LogP) is 4.54. The van der Waals surface area contributed by atoms with Crippen LogP contribution in [0.25, 0.3) is 0 Å². The summed E-state index contributed by atoms with van der Waals surface area (Å²) in [5, 5.41) is 2.98. The van der Waals surface area contributed by atoms with Gasteiger partial charge in [0.2, 0.25) is 10.0 Å². The van der Waals surface area contributed by atoms with Crippen LogP contribution in [0.1, 0.15) is 34.8 Å². The Kier molecular flexibility index (Phi) is 7.64. The number of nitrogens with zero attached hydrogens (tertiary/aromatic N) is 1. The summed E-state index contributed by atoms with van der Waals surface area (Å²) in [6.45, 7) is 2.03. The van der Waals surface area contributed by atoms with Gasteiger partial charge < -0.3 is 5.32 Å². The van der Waals surface area contributed by atoms with E-state index in [1.807, 2.05) is 25.1 Å². The second-order valence-corrected chi connectivity index (χ2v) is 9.75. The van der Waals surface area contributed by atoms with Gasteiger partial charge in [-0.25, -0.2) is 12.8 Å². The van der Waals surface area contributed by atoms with Crippen LogP contribution >= 0.6 is 0 Å². The van der Waals surface area contributed by atoms with Crippen LogP contribution in [0.4, 0.5) is 10.1 Å². The van der Waals surface area contributed by atoms with E-state index in [4.69, 9.17) is 0 Å². The summed E-state index contributed by atoms with van der Waals surface area (Å²) in [5.74, 6) is -0.588. The van der Waals surface area contributed by atoms with Gasteiger partial charge in [0, 0.05) is 11.6 Å². The largest absolute Gasteiger partial charge is 0.350 e. The fraction of sp³-hybridized carbons (Fsp3) is 0.240. The highest BCUT2D eigenvalue weighted by atomic mass is 32.2. The number of anilines is 1. The first-order chi connectivity index (χ1) is 15.2. The summed E-state index contributed by atoms with van der Waals surface area (Å²) in [6.07, 6.45) is 2.80. The van der Waals surface area contributed by atoms with Crippen molar-refractivity contribution in [2.75, 3.05) is 10.6 Å². The highest BCUT2D eigenvalue weighted by molar-refractivity contribution is 7.92. The maximum Gasteiger partial charge on any atom is 0.251 e. The molecule has 168 valence electrons. The van der Waals surface area contributed by atoms with E-state index in [1.54, 1.807) is 36.4 Å². The predicted molar refractivity (Wildman–Crippen MR) is 126 cm³/mol. The molecule has 1 amide bonds. The van der Waals surface area contributed by atoms with E-state index in [9.17, 15) is 17.6 Å². The van der Waals surface area contributed by atoms with E-state index in [2.05, 4.69) is 17.4 Å². The molecular formula is C25H27FN2O3S. The summed E-state index contributed by atoms with van der Waals surface area (Å²) in [6, 6.07) is 22.2. The van der Waals surface area contributed by atoms with Gasteiger partial charge >= 0.3 is 0 Å². The monoisotopic (exact) mass is 454 g/mol. The quantitative estimate of drug-likeness (QED) is 0.516. The molecule has 0 aliphatic rings. The molecule has 0 radical (unpaired) electrons. The second-order valence-electron chi connectivity index (χ2n) is 7.84. The second kappa shape index (κ2) is 10.4. The molecule has 0 heterocycles. The van der Waals surface area contributed by atoms with Crippen LogP contribution in [0.3, 0.4) is 0 Å². The first-order valence-electron chi connectivity index (χ1n) is 10.4. The van der Waals surface area contributed by atoms with Gasteiger partial charge in [-0.15, -0.1) is 0 Å². The number of hydrogen-bond acceptors (Lipinski definition) is 3. The van der Waals surface area contributed by atoms with Crippen LogP contribution in [0.15, 0.2) is 78.9 Å². The van der Waals surface area contributed by atoms with Gasteiger partial charge in [0.1, 0.15) is 5.82 Å². The lowest BCUT2D eigenvalue weighted by molar-refractivity contribution is 0.0938. The minimum Gasteiger partial charge on any atom is -0.350 e. The van der Waals surface area contributed by atoms with E-state index in [1.165, 1.54) is 22.0 Å². The van der Waals surface area contributed by atoms with Crippen molar-refractivity contribution >= 4 is 21.6 Å². The minimum atomic E-state index is -3.57. The molecule has 0 saturated heterocycles. The summed E-state index contributed by atoms with van der Waals surface area (Å²) in [7, 11) is -3.57. The molecule has 1 atom stereocenters. The zero-order valence-corrected chi connectivity index (χ0v) is 19.0. The Bertz CT molecular complexity index is 1130. The average Bonchev–Trinajstić information content (AvgIpc) is 2.77. The normalized spacial score (nSPS) is 12.2. The van der Waals surface area contributed by atoms with Crippen molar-refractivity contribution in [2.45, 2.75) is 32.4 Å². The molecule has 0 aliphatic heterocycles. The van der Waals surface area contributed by atoms with Gasteiger partial charge in [-0.3, -0.25) is 9.10 Å². The highest BCUT2D eigenvalue weighted by Crippen LogP contribution is 2.21. The summed E-state index contributed by atoms with van der Waals surface area (Å²) >= 11 is 0. The van der Waals surface area contributed by atoms with E-state index >= 15 is 0 Å². The molecule has 0 fully saturated rings. The van der Waals surface area contributed by atoms with Crippen molar-refractivity contribution < 1.29 is 17.6 Å². The molecule has 3 rings (SSSR count). The number of sulfonamides is 1. The fourth-order valence-corrected chi connectivity index (χ4v) is 4.23. The van der Waals surface area contributed by atoms with Crippen molar-refractivity contribution in [3.63, 3.8) is 0 Å². The lowest BCUT2D eigenvalue weighted by Gasteiger charge is -2.23. The Morgan fingerprint density at radius 2 is 1.56 bits per heavy atom. The molecule has 7 heteroatoms. The molecule has 0 unspecified atom stereocenters. The van der Waals surface area contributed by atoms with Gasteiger partial charge in [-0.1, -0.05) is 42.5 Å². The van der Waals surface area contributed by atoms with Crippen molar-refractivity contribution in [2.24, 2.45) is 0 Å². The molecule has 32 heavy (non-hydrogen) atoms. The number of halogens is 1. The van der Waals surface area contributed by atoms with Crippen LogP contribution in [0.2, 0.25) is 0 Å². The fourth-order valence-electron chi connectivity index (χ4n) is 3.34. The zero-order valence-electron chi connectivity index (χ0n) is 18.2. The van der Waals surface area contributed by atoms with E-state index in [0.717, 1.165) is 19.1 Å². The smallest absolute Gasteiger partial charge is 0.251 e. The number of nitrogens with one attached hydrogen (secondary N) is 1. The molecule has 3 aromatic rings. The van der Waals surface area contributed by atoms with Crippen molar-refractivity contribution in [3.8, 4) is 0 Å².